The topological polar surface area (TPSA) is 77.0 Å². The normalized spacial score (nSPS) is 10.9. The fraction of sp³-hybridized carbons (Fsp3) is 0.429. The Morgan fingerprint density at radius 3 is 2.86 bits per heavy atom. The van der Waals surface area contributed by atoms with E-state index < -0.39 is 0 Å². The van der Waals surface area contributed by atoms with Gasteiger partial charge in [-0.15, -0.1) is 10.2 Å². The van der Waals surface area contributed by atoms with Crippen LogP contribution in [0.25, 0.3) is 11.0 Å². The number of alkyl halides is 1. The average Bonchev–Trinajstić information content (AvgIpc) is 2.45. The Labute approximate surface area is 131 Å². The average molecular weight is 353 g/mol. The van der Waals surface area contributed by atoms with Gasteiger partial charge in [-0.2, -0.15) is 0 Å². The minimum absolute atomic E-state index is 0.0975. The fourth-order valence-electron chi connectivity index (χ4n) is 1.74. The number of halogens is 1. The van der Waals surface area contributed by atoms with Gasteiger partial charge in [0.1, 0.15) is 5.52 Å². The van der Waals surface area contributed by atoms with Gasteiger partial charge in [-0.25, -0.2) is 4.98 Å². The van der Waals surface area contributed by atoms with Crippen molar-refractivity contribution in [2.24, 2.45) is 0 Å². The third-order valence-corrected chi connectivity index (χ3v) is 3.30. The molecular weight excluding hydrogens is 336 g/mol. The molecule has 1 heterocycles. The molecule has 1 aromatic carbocycles. The predicted octanol–water partition coefficient (Wildman–Crippen LogP) is 2.67. The standard InChI is InChI=1S/C14H17BrN4O2/c1-9(2)21-13(20)5-6-16-14-17-11-4-3-10(8-15)7-12(11)18-19-14/h3-4,7,9H,5-6,8H2,1-2H3,(H,16,17,19). The molecule has 0 unspecified atom stereocenters. The molecule has 2 rings (SSSR count). The van der Waals surface area contributed by atoms with Crippen LogP contribution in [-0.4, -0.2) is 33.8 Å². The molecule has 1 aromatic heterocycles. The lowest BCUT2D eigenvalue weighted by atomic mass is 10.2. The summed E-state index contributed by atoms with van der Waals surface area (Å²) in [6.07, 6.45) is 0.168. The van der Waals surface area contributed by atoms with Gasteiger partial charge in [-0.1, -0.05) is 22.0 Å². The van der Waals surface area contributed by atoms with Crippen molar-refractivity contribution < 1.29 is 9.53 Å². The molecule has 2 aromatic rings. The van der Waals surface area contributed by atoms with E-state index in [-0.39, 0.29) is 18.5 Å². The molecule has 0 amide bonds. The monoisotopic (exact) mass is 352 g/mol. The zero-order chi connectivity index (χ0) is 15.2. The maximum Gasteiger partial charge on any atom is 0.307 e. The van der Waals surface area contributed by atoms with E-state index in [1.807, 2.05) is 32.0 Å². The summed E-state index contributed by atoms with van der Waals surface area (Å²) in [6, 6.07) is 5.82. The Morgan fingerprint density at radius 1 is 1.33 bits per heavy atom. The molecule has 0 atom stereocenters. The number of rotatable bonds is 6. The number of ether oxygens (including phenoxy) is 1. The highest BCUT2D eigenvalue weighted by Crippen LogP contribution is 2.14. The van der Waals surface area contributed by atoms with Crippen molar-refractivity contribution in [3.05, 3.63) is 23.8 Å². The van der Waals surface area contributed by atoms with E-state index in [1.54, 1.807) is 0 Å². The van der Waals surface area contributed by atoms with E-state index >= 15 is 0 Å². The molecule has 112 valence electrons. The molecule has 0 aliphatic rings. The van der Waals surface area contributed by atoms with E-state index in [9.17, 15) is 4.79 Å². The van der Waals surface area contributed by atoms with Gasteiger partial charge in [0.25, 0.3) is 0 Å². The van der Waals surface area contributed by atoms with Crippen molar-refractivity contribution in [3.63, 3.8) is 0 Å². The SMILES string of the molecule is CC(C)OC(=O)CCNc1nnc2cc(CBr)ccc2n1. The third-order valence-electron chi connectivity index (χ3n) is 2.65. The molecule has 0 fully saturated rings. The van der Waals surface area contributed by atoms with E-state index in [2.05, 4.69) is 36.4 Å². The van der Waals surface area contributed by atoms with Crippen LogP contribution in [0.5, 0.6) is 0 Å². The van der Waals surface area contributed by atoms with E-state index in [0.717, 1.165) is 21.9 Å². The van der Waals surface area contributed by atoms with Crippen LogP contribution in [-0.2, 0) is 14.9 Å². The largest absolute Gasteiger partial charge is 0.463 e. The van der Waals surface area contributed by atoms with Gasteiger partial charge in [0.15, 0.2) is 0 Å². The lowest BCUT2D eigenvalue weighted by Crippen LogP contribution is -2.16. The fourth-order valence-corrected chi connectivity index (χ4v) is 2.09. The van der Waals surface area contributed by atoms with Crippen molar-refractivity contribution in [2.45, 2.75) is 31.7 Å². The first-order chi connectivity index (χ1) is 10.1. The maximum atomic E-state index is 11.4. The smallest absolute Gasteiger partial charge is 0.307 e. The Bertz CT molecular complexity index is 633. The maximum absolute atomic E-state index is 11.4. The Morgan fingerprint density at radius 2 is 2.14 bits per heavy atom. The number of hydrogen-bond donors (Lipinski definition) is 1. The zero-order valence-corrected chi connectivity index (χ0v) is 13.6. The van der Waals surface area contributed by atoms with Gasteiger partial charge in [0.05, 0.1) is 18.0 Å². The number of hydrogen-bond acceptors (Lipinski definition) is 6. The number of nitrogens with one attached hydrogen (secondary N) is 1. The molecule has 0 saturated heterocycles. The second kappa shape index (κ2) is 7.31. The summed E-state index contributed by atoms with van der Waals surface area (Å²) < 4.78 is 5.04. The number of carbonyl (C=O) groups is 1. The van der Waals surface area contributed by atoms with Gasteiger partial charge < -0.3 is 10.1 Å². The summed E-state index contributed by atoms with van der Waals surface area (Å²) in [5.41, 5.74) is 2.63. The van der Waals surface area contributed by atoms with Gasteiger partial charge in [-0.05, 0) is 31.5 Å². The van der Waals surface area contributed by atoms with Crippen molar-refractivity contribution in [1.82, 2.24) is 15.2 Å². The van der Waals surface area contributed by atoms with Crippen LogP contribution in [0, 0.1) is 0 Å². The Hall–Kier alpha value is -1.76. The van der Waals surface area contributed by atoms with Gasteiger partial charge in [-0.3, -0.25) is 4.79 Å². The molecule has 0 aliphatic heterocycles. The number of anilines is 1. The molecule has 1 N–H and O–H groups in total. The number of nitrogens with zero attached hydrogens (tertiary/aromatic N) is 3. The summed E-state index contributed by atoms with van der Waals surface area (Å²) in [5, 5.41) is 11.9. The van der Waals surface area contributed by atoms with Gasteiger partial charge >= 0.3 is 5.97 Å². The second-order valence-corrected chi connectivity index (χ2v) is 5.37. The molecule has 7 heteroatoms. The Balaban J connectivity index is 1.95. The second-order valence-electron chi connectivity index (χ2n) is 4.81. The van der Waals surface area contributed by atoms with Crippen LogP contribution in [0.4, 0.5) is 5.95 Å². The molecule has 21 heavy (non-hydrogen) atoms. The van der Waals surface area contributed by atoms with Crippen molar-refractivity contribution in [1.29, 1.82) is 0 Å². The molecule has 0 saturated carbocycles. The minimum atomic E-state index is -0.242. The summed E-state index contributed by atoms with van der Waals surface area (Å²) >= 11 is 3.40. The van der Waals surface area contributed by atoms with Crippen LogP contribution < -0.4 is 5.32 Å². The van der Waals surface area contributed by atoms with Crippen molar-refractivity contribution in [2.75, 3.05) is 11.9 Å². The van der Waals surface area contributed by atoms with Crippen LogP contribution in [0.15, 0.2) is 18.2 Å². The number of fused-ring (bicyclic) bond motifs is 1. The molecule has 0 radical (unpaired) electrons. The zero-order valence-electron chi connectivity index (χ0n) is 12.0. The summed E-state index contributed by atoms with van der Waals surface area (Å²) in [7, 11) is 0. The molecule has 0 bridgehead atoms. The highest BCUT2D eigenvalue weighted by molar-refractivity contribution is 9.08. The highest BCUT2D eigenvalue weighted by Gasteiger charge is 2.06. The Kier molecular flexibility index (Phi) is 5.44. The number of esters is 1. The molecular formula is C14H17BrN4O2. The third kappa shape index (κ3) is 4.63. The van der Waals surface area contributed by atoms with Crippen LogP contribution in [0.2, 0.25) is 0 Å². The first-order valence-corrected chi connectivity index (χ1v) is 7.83. The quantitative estimate of drug-likeness (QED) is 0.636. The first kappa shape index (κ1) is 15.6. The number of carbonyl (C=O) groups excluding carboxylic acids is 1. The van der Waals surface area contributed by atoms with E-state index in [0.29, 0.717) is 12.5 Å². The summed E-state index contributed by atoms with van der Waals surface area (Å²) in [6.45, 7) is 4.06. The predicted molar refractivity (Wildman–Crippen MR) is 84.3 cm³/mol. The van der Waals surface area contributed by atoms with E-state index in [4.69, 9.17) is 4.74 Å². The first-order valence-electron chi connectivity index (χ1n) is 6.71. The minimum Gasteiger partial charge on any atom is -0.463 e. The van der Waals surface area contributed by atoms with Gasteiger partial charge in [0, 0.05) is 11.9 Å². The molecule has 0 spiro atoms. The van der Waals surface area contributed by atoms with E-state index in [1.165, 1.54) is 0 Å². The number of aromatic nitrogens is 3. The number of benzene rings is 1. The summed E-state index contributed by atoms with van der Waals surface area (Å²) in [4.78, 5) is 15.8. The molecule has 6 nitrogen and oxygen atoms in total. The van der Waals surface area contributed by atoms with Crippen LogP contribution in [0.1, 0.15) is 25.8 Å². The van der Waals surface area contributed by atoms with Gasteiger partial charge in [0.2, 0.25) is 5.95 Å². The van der Waals surface area contributed by atoms with Crippen LogP contribution in [0.3, 0.4) is 0 Å². The molecule has 0 aliphatic carbocycles. The van der Waals surface area contributed by atoms with Crippen molar-refractivity contribution in [3.8, 4) is 0 Å². The van der Waals surface area contributed by atoms with Crippen LogP contribution >= 0.6 is 15.9 Å². The lowest BCUT2D eigenvalue weighted by Gasteiger charge is -2.08. The lowest BCUT2D eigenvalue weighted by molar-refractivity contribution is -0.147. The highest BCUT2D eigenvalue weighted by atomic mass is 79.9. The van der Waals surface area contributed by atoms with Crippen molar-refractivity contribution >= 4 is 38.9 Å². The summed E-state index contributed by atoms with van der Waals surface area (Å²) in [5.74, 6) is 0.166.